The van der Waals surface area contributed by atoms with E-state index in [1.54, 1.807) is 31.2 Å². The van der Waals surface area contributed by atoms with E-state index >= 15 is 0 Å². The van der Waals surface area contributed by atoms with Gasteiger partial charge in [-0.15, -0.1) is 12.4 Å². The van der Waals surface area contributed by atoms with Crippen molar-refractivity contribution in [2.75, 3.05) is 19.6 Å². The topological polar surface area (TPSA) is 70.2 Å². The molecule has 1 aliphatic heterocycles. The molecule has 2 amide bonds. The zero-order valence-corrected chi connectivity index (χ0v) is 14.1. The number of amides is 2. The highest BCUT2D eigenvalue weighted by molar-refractivity contribution is 9.10. The van der Waals surface area contributed by atoms with Crippen LogP contribution in [0, 0.1) is 5.92 Å². The molecule has 3 N–H and O–H groups in total. The van der Waals surface area contributed by atoms with Crippen molar-refractivity contribution in [3.8, 4) is 0 Å². The first kappa shape index (κ1) is 17.9. The summed E-state index contributed by atoms with van der Waals surface area (Å²) in [5.74, 6) is 0.112. The number of hydrogen-bond donors (Lipinski definition) is 3. The van der Waals surface area contributed by atoms with Crippen LogP contribution in [0.15, 0.2) is 28.7 Å². The smallest absolute Gasteiger partial charge is 0.251 e. The average molecular weight is 377 g/mol. The van der Waals surface area contributed by atoms with E-state index in [0.29, 0.717) is 18.0 Å². The molecule has 1 fully saturated rings. The molecule has 0 saturated carbocycles. The lowest BCUT2D eigenvalue weighted by molar-refractivity contribution is -0.122. The second-order valence-corrected chi connectivity index (χ2v) is 5.89. The highest BCUT2D eigenvalue weighted by Gasteiger charge is 2.20. The van der Waals surface area contributed by atoms with E-state index in [-0.39, 0.29) is 24.2 Å². The minimum absolute atomic E-state index is 0. The first-order valence-corrected chi connectivity index (χ1v) is 7.40. The zero-order chi connectivity index (χ0) is 14.5. The molecule has 1 unspecified atom stereocenters. The molecule has 0 bridgehead atoms. The Kier molecular flexibility index (Phi) is 7.14. The summed E-state index contributed by atoms with van der Waals surface area (Å²) in [6.45, 7) is 4.23. The van der Waals surface area contributed by atoms with Gasteiger partial charge in [0.1, 0.15) is 6.04 Å². The average Bonchev–Trinajstić information content (AvgIpc) is 2.37. The van der Waals surface area contributed by atoms with Gasteiger partial charge in [-0.3, -0.25) is 9.59 Å². The van der Waals surface area contributed by atoms with Gasteiger partial charge in [0, 0.05) is 35.6 Å². The molecule has 1 aromatic carbocycles. The molecule has 21 heavy (non-hydrogen) atoms. The summed E-state index contributed by atoms with van der Waals surface area (Å²) >= 11 is 3.31. The summed E-state index contributed by atoms with van der Waals surface area (Å²) in [7, 11) is 0. The number of nitrogens with one attached hydrogen (secondary N) is 3. The normalized spacial score (nSPS) is 15.3. The molecule has 1 heterocycles. The molecule has 0 radical (unpaired) electrons. The van der Waals surface area contributed by atoms with Crippen LogP contribution in [0.2, 0.25) is 0 Å². The number of carbonyl (C=O) groups is 2. The quantitative estimate of drug-likeness (QED) is 0.726. The molecule has 0 aromatic heterocycles. The van der Waals surface area contributed by atoms with Gasteiger partial charge in [0.2, 0.25) is 5.91 Å². The second kappa shape index (κ2) is 8.36. The number of rotatable bonds is 5. The fourth-order valence-corrected chi connectivity index (χ4v) is 2.10. The van der Waals surface area contributed by atoms with Gasteiger partial charge >= 0.3 is 0 Å². The lowest BCUT2D eigenvalue weighted by atomic mass is 10.0. The van der Waals surface area contributed by atoms with Crippen LogP contribution < -0.4 is 16.0 Å². The number of carbonyl (C=O) groups excluding carboxylic acids is 2. The standard InChI is InChI=1S/C14H18BrN3O2.ClH/c1-9(13(19)17-8-10-6-16-7-10)18-14(20)11-2-4-12(15)5-3-11;/h2-5,9-10,16H,6-8H2,1H3,(H,17,19)(H,18,20);1H. The van der Waals surface area contributed by atoms with Gasteiger partial charge in [0.15, 0.2) is 0 Å². The Hall–Kier alpha value is -1.11. The number of halogens is 2. The molecule has 1 atom stereocenters. The van der Waals surface area contributed by atoms with Gasteiger partial charge < -0.3 is 16.0 Å². The lowest BCUT2D eigenvalue weighted by Gasteiger charge is -2.27. The van der Waals surface area contributed by atoms with Crippen molar-refractivity contribution in [1.82, 2.24) is 16.0 Å². The third-order valence-electron chi connectivity index (χ3n) is 3.28. The maximum absolute atomic E-state index is 12.0. The SMILES string of the molecule is CC(NC(=O)c1ccc(Br)cc1)C(=O)NCC1CNC1.Cl. The second-order valence-electron chi connectivity index (χ2n) is 4.97. The fourth-order valence-electron chi connectivity index (χ4n) is 1.84. The van der Waals surface area contributed by atoms with Crippen molar-refractivity contribution < 1.29 is 9.59 Å². The van der Waals surface area contributed by atoms with Crippen LogP contribution in [-0.4, -0.2) is 37.5 Å². The molecule has 1 saturated heterocycles. The Morgan fingerprint density at radius 3 is 2.48 bits per heavy atom. The fraction of sp³-hybridized carbons (Fsp3) is 0.429. The highest BCUT2D eigenvalue weighted by Crippen LogP contribution is 2.10. The van der Waals surface area contributed by atoms with E-state index in [1.165, 1.54) is 0 Å². The third-order valence-corrected chi connectivity index (χ3v) is 3.81. The van der Waals surface area contributed by atoms with E-state index in [0.717, 1.165) is 17.6 Å². The zero-order valence-electron chi connectivity index (χ0n) is 11.7. The van der Waals surface area contributed by atoms with Gasteiger partial charge in [-0.1, -0.05) is 15.9 Å². The minimum Gasteiger partial charge on any atom is -0.354 e. The predicted octanol–water partition coefficient (Wildman–Crippen LogP) is 1.32. The maximum atomic E-state index is 12.0. The van der Waals surface area contributed by atoms with Crippen molar-refractivity contribution >= 4 is 40.2 Å². The van der Waals surface area contributed by atoms with Gasteiger partial charge in [-0.25, -0.2) is 0 Å². The van der Waals surface area contributed by atoms with Crippen molar-refractivity contribution in [1.29, 1.82) is 0 Å². The number of benzene rings is 1. The Morgan fingerprint density at radius 2 is 1.95 bits per heavy atom. The van der Waals surface area contributed by atoms with Crippen LogP contribution in [0.5, 0.6) is 0 Å². The predicted molar refractivity (Wildman–Crippen MR) is 87.7 cm³/mol. The highest BCUT2D eigenvalue weighted by atomic mass is 79.9. The van der Waals surface area contributed by atoms with E-state index in [9.17, 15) is 9.59 Å². The summed E-state index contributed by atoms with van der Waals surface area (Å²) in [5, 5.41) is 8.69. The summed E-state index contributed by atoms with van der Waals surface area (Å²) < 4.78 is 0.911. The number of hydrogen-bond acceptors (Lipinski definition) is 3. The molecule has 7 heteroatoms. The van der Waals surface area contributed by atoms with Gasteiger partial charge in [-0.05, 0) is 31.2 Å². The molecular formula is C14H19BrClN3O2. The van der Waals surface area contributed by atoms with Crippen molar-refractivity contribution in [3.05, 3.63) is 34.3 Å². The Labute approximate surface area is 138 Å². The molecular weight excluding hydrogens is 358 g/mol. The first-order chi connectivity index (χ1) is 9.56. The van der Waals surface area contributed by atoms with Crippen LogP contribution in [-0.2, 0) is 4.79 Å². The lowest BCUT2D eigenvalue weighted by Crippen LogP contribution is -2.51. The van der Waals surface area contributed by atoms with E-state index in [1.807, 2.05) is 0 Å². The third kappa shape index (κ3) is 5.30. The summed E-state index contributed by atoms with van der Waals surface area (Å²) in [4.78, 5) is 23.8. The molecule has 116 valence electrons. The van der Waals surface area contributed by atoms with Crippen molar-refractivity contribution in [2.24, 2.45) is 5.92 Å². The molecule has 5 nitrogen and oxygen atoms in total. The summed E-state index contributed by atoms with van der Waals surface area (Å²) in [5.41, 5.74) is 0.538. The molecule has 1 aromatic rings. The van der Waals surface area contributed by atoms with Crippen LogP contribution in [0.4, 0.5) is 0 Å². The Balaban J connectivity index is 0.00000220. The van der Waals surface area contributed by atoms with E-state index in [2.05, 4.69) is 31.9 Å². The molecule has 0 aliphatic carbocycles. The van der Waals surface area contributed by atoms with Crippen LogP contribution in [0.1, 0.15) is 17.3 Å². The van der Waals surface area contributed by atoms with Gasteiger partial charge in [-0.2, -0.15) is 0 Å². The van der Waals surface area contributed by atoms with Crippen LogP contribution >= 0.6 is 28.3 Å². The Bertz CT molecular complexity index is 491. The van der Waals surface area contributed by atoms with E-state index < -0.39 is 6.04 Å². The Morgan fingerprint density at radius 1 is 1.33 bits per heavy atom. The monoisotopic (exact) mass is 375 g/mol. The first-order valence-electron chi connectivity index (χ1n) is 6.61. The van der Waals surface area contributed by atoms with Crippen molar-refractivity contribution in [3.63, 3.8) is 0 Å². The van der Waals surface area contributed by atoms with Gasteiger partial charge in [0.25, 0.3) is 5.91 Å². The van der Waals surface area contributed by atoms with Crippen molar-refractivity contribution in [2.45, 2.75) is 13.0 Å². The maximum Gasteiger partial charge on any atom is 0.251 e. The summed E-state index contributed by atoms with van der Waals surface area (Å²) in [6.07, 6.45) is 0. The largest absolute Gasteiger partial charge is 0.354 e. The van der Waals surface area contributed by atoms with Crippen LogP contribution in [0.25, 0.3) is 0 Å². The van der Waals surface area contributed by atoms with Gasteiger partial charge in [0.05, 0.1) is 0 Å². The molecule has 0 spiro atoms. The minimum atomic E-state index is -0.542. The molecule has 1 aliphatic rings. The summed E-state index contributed by atoms with van der Waals surface area (Å²) in [6, 6.07) is 6.47. The van der Waals surface area contributed by atoms with E-state index in [4.69, 9.17) is 0 Å². The molecule has 2 rings (SSSR count). The van der Waals surface area contributed by atoms with Crippen LogP contribution in [0.3, 0.4) is 0 Å².